The first-order valence-electron chi connectivity index (χ1n) is 6.83. The summed E-state index contributed by atoms with van der Waals surface area (Å²) in [5.41, 5.74) is 2.59. The van der Waals surface area contributed by atoms with Gasteiger partial charge < -0.3 is 5.32 Å². The molecular formula is C16H23N3. The molecular weight excluding hydrogens is 234 g/mol. The van der Waals surface area contributed by atoms with Crippen molar-refractivity contribution in [3.63, 3.8) is 0 Å². The van der Waals surface area contributed by atoms with Crippen LogP contribution in [0.2, 0.25) is 0 Å². The van der Waals surface area contributed by atoms with Crippen LogP contribution < -0.4 is 5.32 Å². The van der Waals surface area contributed by atoms with E-state index in [1.165, 1.54) is 11.1 Å². The monoisotopic (exact) mass is 257 g/mol. The molecule has 1 aromatic heterocycles. The Morgan fingerprint density at radius 3 is 2.47 bits per heavy atom. The first-order chi connectivity index (χ1) is 9.05. The fourth-order valence-corrected chi connectivity index (χ4v) is 2.62. The minimum absolute atomic E-state index is 0.0142. The lowest BCUT2D eigenvalue weighted by Gasteiger charge is -2.35. The van der Waals surface area contributed by atoms with Gasteiger partial charge in [0.25, 0.3) is 0 Å². The van der Waals surface area contributed by atoms with E-state index in [9.17, 15) is 0 Å². The summed E-state index contributed by atoms with van der Waals surface area (Å²) >= 11 is 0. The minimum Gasteiger partial charge on any atom is -0.309 e. The Balaban J connectivity index is 2.38. The maximum Gasteiger partial charge on any atom is 0.0537 e. The minimum atomic E-state index is 0.0142. The topological polar surface area (TPSA) is 29.9 Å². The molecule has 0 aliphatic carbocycles. The zero-order valence-electron chi connectivity index (χ0n) is 12.2. The summed E-state index contributed by atoms with van der Waals surface area (Å²) in [5.74, 6) is 0. The molecule has 0 spiro atoms. The molecule has 0 fully saturated rings. The van der Waals surface area contributed by atoms with Crippen molar-refractivity contribution in [2.75, 3.05) is 6.54 Å². The van der Waals surface area contributed by atoms with Crippen LogP contribution in [0.5, 0.6) is 0 Å². The van der Waals surface area contributed by atoms with Crippen molar-refractivity contribution in [2.24, 2.45) is 7.05 Å². The zero-order chi connectivity index (χ0) is 13.9. The van der Waals surface area contributed by atoms with E-state index in [0.717, 1.165) is 6.54 Å². The fraction of sp³-hybridized carbons (Fsp3) is 0.438. The molecule has 2 rings (SSSR count). The van der Waals surface area contributed by atoms with Gasteiger partial charge in [0.1, 0.15) is 0 Å². The number of hydrogen-bond donors (Lipinski definition) is 1. The number of hydrogen-bond acceptors (Lipinski definition) is 2. The summed E-state index contributed by atoms with van der Waals surface area (Å²) in [7, 11) is 1.96. The Morgan fingerprint density at radius 1 is 1.26 bits per heavy atom. The molecule has 1 N–H and O–H groups in total. The molecule has 1 atom stereocenters. The molecule has 0 radical (unpaired) electrons. The summed E-state index contributed by atoms with van der Waals surface area (Å²) in [6, 6.07) is 10.9. The molecule has 1 aromatic carbocycles. The quantitative estimate of drug-likeness (QED) is 0.892. The van der Waals surface area contributed by atoms with Crippen molar-refractivity contribution in [2.45, 2.75) is 32.2 Å². The number of nitrogens with zero attached hydrogens (tertiary/aromatic N) is 2. The predicted octanol–water partition coefficient (Wildman–Crippen LogP) is 3.05. The van der Waals surface area contributed by atoms with Gasteiger partial charge in [-0.1, -0.05) is 51.1 Å². The first-order valence-corrected chi connectivity index (χ1v) is 6.83. The van der Waals surface area contributed by atoms with E-state index < -0.39 is 0 Å². The second kappa shape index (κ2) is 5.57. The molecule has 102 valence electrons. The van der Waals surface area contributed by atoms with Crippen molar-refractivity contribution in [3.05, 3.63) is 53.9 Å². The van der Waals surface area contributed by atoms with Gasteiger partial charge in [-0.15, -0.1) is 0 Å². The van der Waals surface area contributed by atoms with E-state index in [4.69, 9.17) is 0 Å². The summed E-state index contributed by atoms with van der Waals surface area (Å²) in [6.45, 7) is 7.64. The van der Waals surface area contributed by atoms with Crippen LogP contribution in [0.1, 0.15) is 37.9 Å². The van der Waals surface area contributed by atoms with E-state index in [1.807, 2.05) is 17.9 Å². The predicted molar refractivity (Wildman–Crippen MR) is 79.1 cm³/mol. The SMILES string of the molecule is CCNC(c1cnn(C)c1)C(C)(C)c1ccccc1. The van der Waals surface area contributed by atoms with E-state index in [-0.39, 0.29) is 11.5 Å². The molecule has 0 bridgehead atoms. The summed E-state index contributed by atoms with van der Waals surface area (Å²) in [5, 5.41) is 7.90. The van der Waals surface area contributed by atoms with Crippen molar-refractivity contribution >= 4 is 0 Å². The molecule has 3 nitrogen and oxygen atoms in total. The highest BCUT2D eigenvalue weighted by molar-refractivity contribution is 5.30. The van der Waals surface area contributed by atoms with E-state index >= 15 is 0 Å². The number of benzene rings is 1. The molecule has 0 aliphatic rings. The van der Waals surface area contributed by atoms with Crippen molar-refractivity contribution in [3.8, 4) is 0 Å². The van der Waals surface area contributed by atoms with Crippen LogP contribution in [0, 0.1) is 0 Å². The van der Waals surface area contributed by atoms with Crippen LogP contribution in [0.3, 0.4) is 0 Å². The Hall–Kier alpha value is -1.61. The van der Waals surface area contributed by atoms with Gasteiger partial charge in [-0.05, 0) is 12.1 Å². The smallest absolute Gasteiger partial charge is 0.0537 e. The Bertz CT molecular complexity index is 514. The van der Waals surface area contributed by atoms with Crippen LogP contribution in [0.4, 0.5) is 0 Å². The van der Waals surface area contributed by atoms with Gasteiger partial charge in [-0.3, -0.25) is 4.68 Å². The van der Waals surface area contributed by atoms with Gasteiger partial charge in [0.05, 0.1) is 6.20 Å². The standard InChI is InChI=1S/C16H23N3/c1-5-17-15(13-11-18-19(4)12-13)16(2,3)14-9-7-6-8-10-14/h6-12,15,17H,5H2,1-4H3. The highest BCUT2D eigenvalue weighted by Gasteiger charge is 2.32. The van der Waals surface area contributed by atoms with Gasteiger partial charge >= 0.3 is 0 Å². The Morgan fingerprint density at radius 2 is 1.95 bits per heavy atom. The Labute approximate surface area is 115 Å². The van der Waals surface area contributed by atoms with E-state index in [1.54, 1.807) is 0 Å². The lowest BCUT2D eigenvalue weighted by atomic mass is 9.75. The lowest BCUT2D eigenvalue weighted by molar-refractivity contribution is 0.354. The van der Waals surface area contributed by atoms with E-state index in [0.29, 0.717) is 0 Å². The van der Waals surface area contributed by atoms with Crippen LogP contribution in [0.15, 0.2) is 42.7 Å². The first kappa shape index (κ1) is 13.8. The fourth-order valence-electron chi connectivity index (χ4n) is 2.62. The molecule has 19 heavy (non-hydrogen) atoms. The van der Waals surface area contributed by atoms with Crippen molar-refractivity contribution in [1.29, 1.82) is 0 Å². The third-order valence-electron chi connectivity index (χ3n) is 3.71. The number of nitrogens with one attached hydrogen (secondary N) is 1. The van der Waals surface area contributed by atoms with E-state index in [2.05, 4.69) is 67.7 Å². The number of aryl methyl sites for hydroxylation is 1. The molecule has 3 heteroatoms. The molecule has 0 amide bonds. The zero-order valence-corrected chi connectivity index (χ0v) is 12.2. The van der Waals surface area contributed by atoms with Crippen LogP contribution in [0.25, 0.3) is 0 Å². The van der Waals surface area contributed by atoms with Gasteiger partial charge in [0.15, 0.2) is 0 Å². The molecule has 1 unspecified atom stereocenters. The molecule has 2 aromatic rings. The van der Waals surface area contributed by atoms with Crippen LogP contribution in [-0.4, -0.2) is 16.3 Å². The van der Waals surface area contributed by atoms with Crippen LogP contribution in [-0.2, 0) is 12.5 Å². The maximum atomic E-state index is 4.30. The third kappa shape index (κ3) is 2.87. The summed E-state index contributed by atoms with van der Waals surface area (Å²) in [6.07, 6.45) is 4.05. The maximum absolute atomic E-state index is 4.30. The summed E-state index contributed by atoms with van der Waals surface area (Å²) < 4.78 is 1.86. The molecule has 0 saturated carbocycles. The van der Waals surface area contributed by atoms with Gasteiger partial charge in [0, 0.05) is 30.3 Å². The highest BCUT2D eigenvalue weighted by atomic mass is 15.2. The average molecular weight is 257 g/mol. The number of likely N-dealkylation sites (N-methyl/N-ethyl adjacent to an activating group) is 1. The third-order valence-corrected chi connectivity index (χ3v) is 3.71. The second-order valence-corrected chi connectivity index (χ2v) is 5.53. The second-order valence-electron chi connectivity index (χ2n) is 5.53. The van der Waals surface area contributed by atoms with Crippen LogP contribution >= 0.6 is 0 Å². The van der Waals surface area contributed by atoms with Gasteiger partial charge in [0.2, 0.25) is 0 Å². The van der Waals surface area contributed by atoms with Crippen molar-refractivity contribution < 1.29 is 0 Å². The van der Waals surface area contributed by atoms with Gasteiger partial charge in [-0.25, -0.2) is 0 Å². The highest BCUT2D eigenvalue weighted by Crippen LogP contribution is 2.36. The number of aromatic nitrogens is 2. The number of rotatable bonds is 5. The molecule has 1 heterocycles. The Kier molecular flexibility index (Phi) is 4.05. The summed E-state index contributed by atoms with van der Waals surface area (Å²) in [4.78, 5) is 0. The normalized spacial score (nSPS) is 13.5. The average Bonchev–Trinajstić information content (AvgIpc) is 2.83. The molecule has 0 saturated heterocycles. The largest absolute Gasteiger partial charge is 0.309 e. The van der Waals surface area contributed by atoms with Gasteiger partial charge in [-0.2, -0.15) is 5.10 Å². The lowest BCUT2D eigenvalue weighted by Crippen LogP contribution is -2.37. The van der Waals surface area contributed by atoms with Crippen molar-refractivity contribution in [1.82, 2.24) is 15.1 Å². The molecule has 0 aliphatic heterocycles.